The molecule has 1 saturated heterocycles. The molecule has 0 N–H and O–H groups in total. The molecule has 5 rings (SSSR count). The van der Waals surface area contributed by atoms with Gasteiger partial charge in [0.25, 0.3) is 0 Å². The lowest BCUT2D eigenvalue weighted by molar-refractivity contribution is -0.123. The van der Waals surface area contributed by atoms with Gasteiger partial charge in [0, 0.05) is 14.7 Å². The zero-order valence-corrected chi connectivity index (χ0v) is 20.5. The van der Waals surface area contributed by atoms with Crippen molar-refractivity contribution in [1.29, 1.82) is 0 Å². The summed E-state index contributed by atoms with van der Waals surface area (Å²) < 4.78 is 5.37. The molecular weight excluding hydrogens is 573 g/mol. The molecule has 3 fully saturated rings. The molecule has 1 aliphatic heterocycles. The van der Waals surface area contributed by atoms with Gasteiger partial charge >= 0.3 is 5.97 Å². The van der Waals surface area contributed by atoms with Crippen LogP contribution in [-0.2, 0) is 9.59 Å². The molecule has 2 aromatic rings. The molecule has 1 heterocycles. The fraction of sp³-hybridized carbons (Fsp3) is 0.318. The second kappa shape index (κ2) is 7.87. The Hall–Kier alpha value is -1.41. The molecule has 160 valence electrons. The summed E-state index contributed by atoms with van der Waals surface area (Å²) in [6, 6.07) is 10.8. The third kappa shape index (κ3) is 3.36. The number of imide groups is 1. The Kier molecular flexibility index (Phi) is 5.44. The molecule has 3 aliphatic rings. The number of hydrogen-bond donors (Lipinski definition) is 0. The highest BCUT2D eigenvalue weighted by Crippen LogP contribution is 2.60. The molecule has 6 atom stereocenters. The Morgan fingerprint density at radius 3 is 2.06 bits per heavy atom. The molecular formula is C22H15Br2Cl2NO4. The van der Waals surface area contributed by atoms with Crippen molar-refractivity contribution in [2.24, 2.45) is 23.7 Å². The number of hydrogen-bond acceptors (Lipinski definition) is 4. The summed E-state index contributed by atoms with van der Waals surface area (Å²) in [6.07, 6.45) is 0.884. The number of amides is 2. The van der Waals surface area contributed by atoms with Crippen LogP contribution in [0.25, 0.3) is 0 Å². The van der Waals surface area contributed by atoms with Gasteiger partial charge in [0.05, 0.1) is 28.1 Å². The molecule has 31 heavy (non-hydrogen) atoms. The van der Waals surface area contributed by atoms with E-state index in [9.17, 15) is 14.4 Å². The average molecular weight is 588 g/mol. The van der Waals surface area contributed by atoms with Crippen LogP contribution in [0.15, 0.2) is 42.5 Å². The molecule has 2 bridgehead atoms. The van der Waals surface area contributed by atoms with E-state index in [4.69, 9.17) is 27.9 Å². The van der Waals surface area contributed by atoms with E-state index in [0.29, 0.717) is 10.7 Å². The number of carbonyl (C=O) groups excluding carboxylic acids is 3. The van der Waals surface area contributed by atoms with E-state index in [-0.39, 0.29) is 61.5 Å². The van der Waals surface area contributed by atoms with E-state index < -0.39 is 5.97 Å². The van der Waals surface area contributed by atoms with Crippen LogP contribution in [-0.4, -0.2) is 27.4 Å². The van der Waals surface area contributed by atoms with E-state index in [1.165, 1.54) is 17.0 Å². The van der Waals surface area contributed by atoms with Crippen molar-refractivity contribution >= 4 is 78.5 Å². The summed E-state index contributed by atoms with van der Waals surface area (Å²) in [5.74, 6) is -0.885. The molecule has 9 heteroatoms. The smallest absolute Gasteiger partial charge is 0.345 e. The SMILES string of the molecule is O=C(Oc1ccc(N2C(=O)[C@@H]3[C@H]4C[C@@H]([C@H](Br)[C@H]4Br)[C@@H]3C2=O)cc1)c1ccc(Cl)cc1Cl. The standard InChI is InChI=1S/C22H15Br2Cl2NO4/c23-18-13-8-14(19(18)24)17-16(13)20(28)27(21(17)29)10-2-4-11(5-3-10)31-22(30)12-6-1-9(25)7-15(12)26/h1-7,13-14,16-19H,8H2/t13-,14-,16-,17+,18+,19+/m1/s1. The van der Waals surface area contributed by atoms with Crippen LogP contribution in [0.2, 0.25) is 10.0 Å². The third-order valence-electron chi connectivity index (χ3n) is 6.44. The predicted octanol–water partition coefficient (Wildman–Crippen LogP) is 5.49. The number of carbonyl (C=O) groups is 3. The highest BCUT2D eigenvalue weighted by molar-refractivity contribution is 9.12. The first-order chi connectivity index (χ1) is 14.8. The van der Waals surface area contributed by atoms with Crippen LogP contribution in [0.4, 0.5) is 5.69 Å². The summed E-state index contributed by atoms with van der Waals surface area (Å²) in [5, 5.41) is 0.611. The van der Waals surface area contributed by atoms with Crippen molar-refractivity contribution in [2.75, 3.05) is 4.90 Å². The normalized spacial score (nSPS) is 31.3. The van der Waals surface area contributed by atoms with E-state index in [1.807, 2.05) is 0 Å². The largest absolute Gasteiger partial charge is 0.423 e. The molecule has 2 aromatic carbocycles. The lowest BCUT2D eigenvalue weighted by atomic mass is 9.81. The van der Waals surface area contributed by atoms with Crippen LogP contribution < -0.4 is 9.64 Å². The maximum absolute atomic E-state index is 13.1. The summed E-state index contributed by atoms with van der Waals surface area (Å²) in [5.41, 5.74) is 0.669. The number of benzene rings is 2. The fourth-order valence-corrected chi connectivity index (χ4v) is 7.44. The lowest BCUT2D eigenvalue weighted by Gasteiger charge is -2.28. The molecule has 0 unspecified atom stereocenters. The number of halogens is 4. The van der Waals surface area contributed by atoms with Crippen molar-refractivity contribution in [1.82, 2.24) is 0 Å². The van der Waals surface area contributed by atoms with Gasteiger partial charge in [0.2, 0.25) is 11.8 Å². The van der Waals surface area contributed by atoms with Crippen molar-refractivity contribution in [3.05, 3.63) is 58.1 Å². The van der Waals surface area contributed by atoms with Gasteiger partial charge < -0.3 is 4.74 Å². The van der Waals surface area contributed by atoms with Gasteiger partial charge in [0.1, 0.15) is 5.75 Å². The van der Waals surface area contributed by atoms with Crippen molar-refractivity contribution in [2.45, 2.75) is 16.1 Å². The molecule has 2 saturated carbocycles. The first-order valence-corrected chi connectivity index (χ1v) is 12.3. The maximum atomic E-state index is 13.1. The number of ether oxygens (including phenoxy) is 1. The second-order valence-corrected chi connectivity index (χ2v) is 11.0. The number of fused-ring (bicyclic) bond motifs is 5. The van der Waals surface area contributed by atoms with Crippen LogP contribution in [0.1, 0.15) is 16.8 Å². The second-order valence-electron chi connectivity index (χ2n) is 8.02. The highest BCUT2D eigenvalue weighted by atomic mass is 79.9. The van der Waals surface area contributed by atoms with Gasteiger partial charge in [-0.1, -0.05) is 55.1 Å². The fourth-order valence-electron chi connectivity index (χ4n) is 5.08. The van der Waals surface area contributed by atoms with Gasteiger partial charge in [-0.15, -0.1) is 0 Å². The van der Waals surface area contributed by atoms with Gasteiger partial charge in [-0.25, -0.2) is 4.79 Å². The summed E-state index contributed by atoms with van der Waals surface area (Å²) in [4.78, 5) is 40.3. The van der Waals surface area contributed by atoms with E-state index in [0.717, 1.165) is 6.42 Å². The van der Waals surface area contributed by atoms with Crippen molar-refractivity contribution in [3.8, 4) is 5.75 Å². The minimum Gasteiger partial charge on any atom is -0.423 e. The van der Waals surface area contributed by atoms with Crippen LogP contribution >= 0.6 is 55.1 Å². The number of rotatable bonds is 3. The summed E-state index contributed by atoms with van der Waals surface area (Å²) in [6.45, 7) is 0. The Labute approximate surface area is 205 Å². The van der Waals surface area contributed by atoms with Crippen molar-refractivity contribution in [3.63, 3.8) is 0 Å². The lowest BCUT2D eigenvalue weighted by Crippen LogP contribution is -2.37. The Morgan fingerprint density at radius 1 is 0.935 bits per heavy atom. The predicted molar refractivity (Wildman–Crippen MR) is 124 cm³/mol. The maximum Gasteiger partial charge on any atom is 0.345 e. The molecule has 5 nitrogen and oxygen atoms in total. The summed E-state index contributed by atoms with van der Waals surface area (Å²) >= 11 is 19.3. The first-order valence-electron chi connectivity index (χ1n) is 9.71. The van der Waals surface area contributed by atoms with Gasteiger partial charge in [-0.05, 0) is 60.7 Å². The number of alkyl halides is 2. The molecule has 2 amide bonds. The number of anilines is 1. The molecule has 0 aromatic heterocycles. The third-order valence-corrected chi connectivity index (χ3v) is 10.2. The van der Waals surface area contributed by atoms with E-state index in [1.54, 1.807) is 30.3 Å². The number of esters is 1. The van der Waals surface area contributed by atoms with Crippen LogP contribution in [0.5, 0.6) is 5.75 Å². The highest BCUT2D eigenvalue weighted by Gasteiger charge is 2.66. The van der Waals surface area contributed by atoms with Crippen LogP contribution in [0.3, 0.4) is 0 Å². The summed E-state index contributed by atoms with van der Waals surface area (Å²) in [7, 11) is 0. The Morgan fingerprint density at radius 2 is 1.52 bits per heavy atom. The molecule has 0 radical (unpaired) electrons. The van der Waals surface area contributed by atoms with E-state index >= 15 is 0 Å². The zero-order valence-electron chi connectivity index (χ0n) is 15.8. The zero-order chi connectivity index (χ0) is 22.0. The number of nitrogens with zero attached hydrogens (tertiary/aromatic N) is 1. The quantitative estimate of drug-likeness (QED) is 0.206. The van der Waals surface area contributed by atoms with Crippen molar-refractivity contribution < 1.29 is 19.1 Å². The molecule has 0 spiro atoms. The van der Waals surface area contributed by atoms with Crippen LogP contribution in [0, 0.1) is 23.7 Å². The molecule has 2 aliphatic carbocycles. The van der Waals surface area contributed by atoms with Gasteiger partial charge in [-0.3, -0.25) is 14.5 Å². The minimum atomic E-state index is -0.624. The first kappa shape index (κ1) is 21.4. The van der Waals surface area contributed by atoms with E-state index in [2.05, 4.69) is 31.9 Å². The van der Waals surface area contributed by atoms with Gasteiger partial charge in [-0.2, -0.15) is 0 Å². The average Bonchev–Trinajstić information content (AvgIpc) is 3.33. The monoisotopic (exact) mass is 585 g/mol. The Balaban J connectivity index is 1.34. The topological polar surface area (TPSA) is 63.7 Å². The Bertz CT molecular complexity index is 1080. The van der Waals surface area contributed by atoms with Gasteiger partial charge in [0.15, 0.2) is 0 Å². The minimum absolute atomic E-state index is 0.149.